The molecule has 0 amide bonds. The highest BCUT2D eigenvalue weighted by Gasteiger charge is 2.22. The van der Waals surface area contributed by atoms with Gasteiger partial charge in [0.05, 0.1) is 17.2 Å². The summed E-state index contributed by atoms with van der Waals surface area (Å²) in [6.07, 6.45) is 0.0167. The maximum atomic E-state index is 13.3. The van der Waals surface area contributed by atoms with Crippen LogP contribution in [0, 0.1) is 6.92 Å². The molecule has 1 aromatic carbocycles. The van der Waals surface area contributed by atoms with Gasteiger partial charge in [-0.2, -0.15) is 0 Å². The van der Waals surface area contributed by atoms with E-state index in [0.29, 0.717) is 17.3 Å². The minimum Gasteiger partial charge on any atom is -0.353 e. The first kappa shape index (κ1) is 16.5. The Hall–Kier alpha value is -1.37. The van der Waals surface area contributed by atoms with Crippen LogP contribution in [0.5, 0.6) is 0 Å². The van der Waals surface area contributed by atoms with Crippen LogP contribution in [0.15, 0.2) is 24.3 Å². The molecule has 6 heteroatoms. The third-order valence-electron chi connectivity index (χ3n) is 3.73. The van der Waals surface area contributed by atoms with Gasteiger partial charge in [-0.25, -0.2) is 13.8 Å². The third-order valence-corrected chi connectivity index (χ3v) is 4.89. The Bertz CT molecular complexity index is 654. The predicted octanol–water partition coefficient (Wildman–Crippen LogP) is 5.10. The van der Waals surface area contributed by atoms with E-state index in [-0.39, 0.29) is 17.8 Å². The highest BCUT2D eigenvalue weighted by molar-refractivity contribution is 7.15. The topological polar surface area (TPSA) is 31.4 Å². The van der Waals surface area contributed by atoms with Crippen molar-refractivity contribution in [1.82, 2.24) is 4.98 Å². The van der Waals surface area contributed by atoms with E-state index in [9.17, 15) is 8.78 Å². The zero-order chi connectivity index (χ0) is 16.2. The maximum absolute atomic E-state index is 13.3. The fourth-order valence-electron chi connectivity index (χ4n) is 2.55. The van der Waals surface area contributed by atoms with Gasteiger partial charge < -0.3 is 9.47 Å². The molecule has 0 radical (unpaired) electrons. The van der Waals surface area contributed by atoms with Crippen LogP contribution in [-0.4, -0.2) is 17.9 Å². The van der Waals surface area contributed by atoms with Gasteiger partial charge in [0, 0.05) is 12.2 Å². The quantitative estimate of drug-likeness (QED) is 0.759. The lowest BCUT2D eigenvalue weighted by Gasteiger charge is -2.22. The van der Waals surface area contributed by atoms with Crippen molar-refractivity contribution in [3.05, 3.63) is 40.4 Å². The molecule has 0 spiro atoms. The Labute approximate surface area is 138 Å². The van der Waals surface area contributed by atoms with E-state index in [1.807, 2.05) is 31.2 Å². The third kappa shape index (κ3) is 4.13. The van der Waals surface area contributed by atoms with Crippen molar-refractivity contribution < 1.29 is 18.3 Å². The van der Waals surface area contributed by atoms with Crippen LogP contribution < -0.4 is 0 Å². The first-order valence-electron chi connectivity index (χ1n) is 7.71. The standard InChI is InChI=1S/C17H19F2NO2S/c1-11-5-4-6-12(9-11)17-20-13(15(23-17)16(18)19)10-22-14-7-2-3-8-21-14/h4-6,9,14,16H,2-3,7-8,10H2,1H3. The molecule has 1 saturated heterocycles. The molecule has 1 aromatic heterocycles. The number of aromatic nitrogens is 1. The largest absolute Gasteiger partial charge is 0.353 e. The highest BCUT2D eigenvalue weighted by atomic mass is 32.1. The van der Waals surface area contributed by atoms with Gasteiger partial charge in [0.1, 0.15) is 5.01 Å². The van der Waals surface area contributed by atoms with Crippen LogP contribution in [0.3, 0.4) is 0 Å². The fraction of sp³-hybridized carbons (Fsp3) is 0.471. The number of ether oxygens (including phenoxy) is 2. The van der Waals surface area contributed by atoms with Crippen molar-refractivity contribution >= 4 is 11.3 Å². The normalized spacial score (nSPS) is 18.5. The molecular formula is C17H19F2NO2S. The van der Waals surface area contributed by atoms with Crippen LogP contribution in [0.25, 0.3) is 10.6 Å². The average molecular weight is 339 g/mol. The second kappa shape index (κ2) is 7.47. The summed E-state index contributed by atoms with van der Waals surface area (Å²) in [6.45, 7) is 2.69. The van der Waals surface area contributed by atoms with Crippen LogP contribution in [0.4, 0.5) is 8.78 Å². The molecule has 2 aromatic rings. The summed E-state index contributed by atoms with van der Waals surface area (Å²) in [5.41, 5.74) is 2.25. The Balaban J connectivity index is 1.78. The molecule has 0 aliphatic carbocycles. The average Bonchev–Trinajstić information content (AvgIpc) is 2.98. The van der Waals surface area contributed by atoms with Gasteiger partial charge in [-0.1, -0.05) is 23.8 Å². The second-order valence-corrected chi connectivity index (χ2v) is 6.64. The molecule has 0 saturated carbocycles. The Kier molecular flexibility index (Phi) is 5.35. The predicted molar refractivity (Wildman–Crippen MR) is 85.6 cm³/mol. The van der Waals surface area contributed by atoms with E-state index in [0.717, 1.165) is 41.7 Å². The molecule has 3 nitrogen and oxygen atoms in total. The lowest BCUT2D eigenvalue weighted by atomic mass is 10.1. The second-order valence-electron chi connectivity index (χ2n) is 5.61. The van der Waals surface area contributed by atoms with Gasteiger partial charge in [0.25, 0.3) is 6.43 Å². The Morgan fingerprint density at radius 3 is 2.96 bits per heavy atom. The summed E-state index contributed by atoms with van der Waals surface area (Å²) in [6, 6.07) is 7.70. The van der Waals surface area contributed by atoms with E-state index in [4.69, 9.17) is 9.47 Å². The molecule has 0 bridgehead atoms. The van der Waals surface area contributed by atoms with Crippen molar-refractivity contribution in [1.29, 1.82) is 0 Å². The van der Waals surface area contributed by atoms with Crippen LogP contribution in [0.1, 0.15) is 41.8 Å². The van der Waals surface area contributed by atoms with Gasteiger partial charge in [-0.15, -0.1) is 11.3 Å². The van der Waals surface area contributed by atoms with Gasteiger partial charge in [-0.3, -0.25) is 0 Å². The summed E-state index contributed by atoms with van der Waals surface area (Å²) in [5.74, 6) is 0. The van der Waals surface area contributed by atoms with Crippen LogP contribution in [0.2, 0.25) is 0 Å². The van der Waals surface area contributed by atoms with Crippen LogP contribution >= 0.6 is 11.3 Å². The smallest absolute Gasteiger partial charge is 0.274 e. The van der Waals surface area contributed by atoms with Crippen molar-refractivity contribution in [2.24, 2.45) is 0 Å². The molecule has 2 heterocycles. The number of thiazole rings is 1. The summed E-state index contributed by atoms with van der Waals surface area (Å²) in [4.78, 5) is 4.37. The Morgan fingerprint density at radius 1 is 1.39 bits per heavy atom. The number of aryl methyl sites for hydroxylation is 1. The summed E-state index contributed by atoms with van der Waals surface area (Å²) >= 11 is 1.03. The minimum atomic E-state index is -2.54. The number of halogens is 2. The summed E-state index contributed by atoms with van der Waals surface area (Å²) < 4.78 is 37.7. The minimum absolute atomic E-state index is 0.0164. The van der Waals surface area contributed by atoms with Crippen LogP contribution in [-0.2, 0) is 16.1 Å². The van der Waals surface area contributed by atoms with Crippen molar-refractivity contribution in [2.45, 2.75) is 45.5 Å². The van der Waals surface area contributed by atoms with E-state index >= 15 is 0 Å². The molecule has 1 fully saturated rings. The van der Waals surface area contributed by atoms with Gasteiger partial charge in [0.2, 0.25) is 0 Å². The zero-order valence-corrected chi connectivity index (χ0v) is 13.7. The number of alkyl halides is 2. The number of nitrogens with zero attached hydrogens (tertiary/aromatic N) is 1. The molecule has 1 aliphatic rings. The SMILES string of the molecule is Cc1cccc(-c2nc(COC3CCCCO3)c(C(F)F)s2)c1. The zero-order valence-electron chi connectivity index (χ0n) is 12.9. The van der Waals surface area contributed by atoms with Gasteiger partial charge in [0.15, 0.2) is 6.29 Å². The summed E-state index contributed by atoms with van der Waals surface area (Å²) in [7, 11) is 0. The Morgan fingerprint density at radius 2 is 2.26 bits per heavy atom. The first-order valence-corrected chi connectivity index (χ1v) is 8.53. The van der Waals surface area contributed by atoms with E-state index < -0.39 is 6.43 Å². The van der Waals surface area contributed by atoms with E-state index in [1.54, 1.807) is 0 Å². The first-order chi connectivity index (χ1) is 11.1. The number of benzene rings is 1. The lowest BCUT2D eigenvalue weighted by molar-refractivity contribution is -0.169. The molecule has 1 unspecified atom stereocenters. The van der Waals surface area contributed by atoms with Gasteiger partial charge >= 0.3 is 0 Å². The maximum Gasteiger partial charge on any atom is 0.274 e. The lowest BCUT2D eigenvalue weighted by Crippen LogP contribution is -2.22. The number of hydrogen-bond acceptors (Lipinski definition) is 4. The molecule has 1 atom stereocenters. The summed E-state index contributed by atoms with van der Waals surface area (Å²) in [5, 5.41) is 0.604. The van der Waals surface area contributed by atoms with Crippen molar-refractivity contribution in [2.75, 3.05) is 6.61 Å². The molecule has 1 aliphatic heterocycles. The van der Waals surface area contributed by atoms with Gasteiger partial charge in [-0.05, 0) is 32.3 Å². The number of hydrogen-bond donors (Lipinski definition) is 0. The molecule has 23 heavy (non-hydrogen) atoms. The monoisotopic (exact) mass is 339 g/mol. The molecule has 124 valence electrons. The number of rotatable bonds is 5. The van der Waals surface area contributed by atoms with E-state index in [1.165, 1.54) is 0 Å². The molecule has 0 N–H and O–H groups in total. The van der Waals surface area contributed by atoms with E-state index in [2.05, 4.69) is 4.98 Å². The molecular weight excluding hydrogens is 320 g/mol. The fourth-order valence-corrected chi connectivity index (χ4v) is 3.47. The van der Waals surface area contributed by atoms with Crippen molar-refractivity contribution in [3.8, 4) is 10.6 Å². The van der Waals surface area contributed by atoms with Crippen molar-refractivity contribution in [3.63, 3.8) is 0 Å². The highest BCUT2D eigenvalue weighted by Crippen LogP contribution is 2.35. The molecule has 3 rings (SSSR count).